The summed E-state index contributed by atoms with van der Waals surface area (Å²) in [6.45, 7) is 0. The van der Waals surface area contributed by atoms with Gasteiger partial charge >= 0.3 is 6.36 Å². The molecule has 0 fully saturated rings. The second-order valence-corrected chi connectivity index (χ2v) is 7.35. The average Bonchev–Trinajstić information content (AvgIpc) is 2.64. The van der Waals surface area contributed by atoms with Crippen LogP contribution in [-0.2, 0) is 10.0 Å². The largest absolute Gasteiger partial charge is 0.573 e. The topological polar surface area (TPSA) is 119 Å². The fourth-order valence-corrected chi connectivity index (χ4v) is 2.83. The van der Waals surface area contributed by atoms with E-state index in [4.69, 9.17) is 5.14 Å². The monoisotopic (exact) mass is 443 g/mol. The summed E-state index contributed by atoms with van der Waals surface area (Å²) in [7, 11) is -3.92. The summed E-state index contributed by atoms with van der Waals surface area (Å²) in [5.41, 5.74) is 0.525. The zero-order valence-corrected chi connectivity index (χ0v) is 15.6. The van der Waals surface area contributed by atoms with Crippen LogP contribution in [-0.4, -0.2) is 24.7 Å². The molecule has 3 aromatic rings. The van der Waals surface area contributed by atoms with Gasteiger partial charge < -0.3 is 15.4 Å². The van der Waals surface area contributed by atoms with Crippen molar-refractivity contribution in [3.8, 4) is 5.75 Å². The molecule has 0 unspecified atom stereocenters. The highest BCUT2D eigenvalue weighted by molar-refractivity contribution is 7.89. The summed E-state index contributed by atoms with van der Waals surface area (Å²) in [6, 6.07) is 10.1. The molecule has 8 nitrogen and oxygen atoms in total. The molecule has 158 valence electrons. The highest BCUT2D eigenvalue weighted by Gasteiger charge is 2.30. The van der Waals surface area contributed by atoms with Gasteiger partial charge in [0.1, 0.15) is 5.75 Å². The lowest BCUT2D eigenvalue weighted by Gasteiger charge is -2.11. The zero-order chi connectivity index (χ0) is 21.9. The van der Waals surface area contributed by atoms with Crippen LogP contribution in [0.2, 0.25) is 0 Å². The van der Waals surface area contributed by atoms with Gasteiger partial charge in [-0.2, -0.15) is 4.98 Å². The minimum Gasteiger partial charge on any atom is -0.406 e. The summed E-state index contributed by atoms with van der Waals surface area (Å²) in [5, 5.41) is 10.4. The molecule has 0 saturated carbocycles. The van der Waals surface area contributed by atoms with Crippen molar-refractivity contribution < 1.29 is 30.7 Å². The van der Waals surface area contributed by atoms with E-state index in [1.807, 2.05) is 0 Å². The molecule has 0 spiro atoms. The van der Waals surface area contributed by atoms with Crippen molar-refractivity contribution in [2.75, 3.05) is 10.6 Å². The van der Waals surface area contributed by atoms with Crippen molar-refractivity contribution in [3.63, 3.8) is 0 Å². The van der Waals surface area contributed by atoms with Crippen molar-refractivity contribution in [1.82, 2.24) is 9.97 Å². The SMILES string of the molecule is NS(=O)(=O)c1cccc(Nc2ncc(F)c(Nc3ccc(OC(F)(F)F)cc3)n2)c1. The Kier molecular flexibility index (Phi) is 5.75. The molecule has 0 radical (unpaired) electrons. The first kappa shape index (κ1) is 21.3. The Morgan fingerprint density at radius 1 is 1.00 bits per heavy atom. The normalized spacial score (nSPS) is 11.8. The smallest absolute Gasteiger partial charge is 0.406 e. The Morgan fingerprint density at radius 2 is 1.70 bits per heavy atom. The summed E-state index contributed by atoms with van der Waals surface area (Å²) in [5.74, 6) is -1.59. The third-order valence-corrected chi connectivity index (χ3v) is 4.42. The number of nitrogens with zero attached hydrogens (tertiary/aromatic N) is 2. The van der Waals surface area contributed by atoms with Gasteiger partial charge in [-0.25, -0.2) is 22.9 Å². The number of hydrogen-bond acceptors (Lipinski definition) is 7. The summed E-state index contributed by atoms with van der Waals surface area (Å²) >= 11 is 0. The van der Waals surface area contributed by atoms with E-state index < -0.39 is 28.0 Å². The molecule has 2 aromatic carbocycles. The van der Waals surface area contributed by atoms with Gasteiger partial charge in [-0.3, -0.25) is 0 Å². The van der Waals surface area contributed by atoms with Crippen LogP contribution in [0.25, 0.3) is 0 Å². The van der Waals surface area contributed by atoms with E-state index in [1.165, 1.54) is 36.4 Å². The molecule has 0 atom stereocenters. The van der Waals surface area contributed by atoms with Crippen molar-refractivity contribution in [3.05, 3.63) is 60.5 Å². The first-order chi connectivity index (χ1) is 14.0. The second kappa shape index (κ2) is 8.12. The number of ether oxygens (including phenoxy) is 1. The molecular formula is C17H13F4N5O3S. The summed E-state index contributed by atoms with van der Waals surface area (Å²) < 4.78 is 77.3. The van der Waals surface area contributed by atoms with E-state index in [0.717, 1.165) is 18.3 Å². The van der Waals surface area contributed by atoms with Crippen molar-refractivity contribution in [2.24, 2.45) is 5.14 Å². The maximum atomic E-state index is 14.0. The number of alkyl halides is 3. The van der Waals surface area contributed by atoms with Gasteiger partial charge in [0, 0.05) is 11.4 Å². The van der Waals surface area contributed by atoms with E-state index >= 15 is 0 Å². The summed E-state index contributed by atoms with van der Waals surface area (Å²) in [4.78, 5) is 7.55. The van der Waals surface area contributed by atoms with Gasteiger partial charge in [-0.15, -0.1) is 13.2 Å². The molecular weight excluding hydrogens is 430 g/mol. The van der Waals surface area contributed by atoms with Crippen LogP contribution in [0.5, 0.6) is 5.75 Å². The lowest BCUT2D eigenvalue weighted by molar-refractivity contribution is -0.274. The predicted molar refractivity (Wildman–Crippen MR) is 99.5 cm³/mol. The Hall–Kier alpha value is -3.45. The first-order valence-electron chi connectivity index (χ1n) is 8.05. The number of anilines is 4. The molecule has 0 aliphatic carbocycles. The molecule has 3 rings (SSSR count). The van der Waals surface area contributed by atoms with Crippen LogP contribution in [0.3, 0.4) is 0 Å². The fourth-order valence-electron chi connectivity index (χ4n) is 2.27. The lowest BCUT2D eigenvalue weighted by atomic mass is 10.3. The molecule has 0 amide bonds. The first-order valence-corrected chi connectivity index (χ1v) is 9.59. The third-order valence-electron chi connectivity index (χ3n) is 3.51. The molecule has 30 heavy (non-hydrogen) atoms. The van der Waals surface area contributed by atoms with Crippen LogP contribution in [0.15, 0.2) is 59.6 Å². The molecule has 0 bridgehead atoms. The van der Waals surface area contributed by atoms with Crippen LogP contribution in [0, 0.1) is 5.82 Å². The lowest BCUT2D eigenvalue weighted by Crippen LogP contribution is -2.17. The van der Waals surface area contributed by atoms with Gasteiger partial charge in [0.2, 0.25) is 16.0 Å². The number of aromatic nitrogens is 2. The fraction of sp³-hybridized carbons (Fsp3) is 0.0588. The average molecular weight is 443 g/mol. The van der Waals surface area contributed by atoms with Crippen molar-refractivity contribution >= 4 is 33.2 Å². The maximum absolute atomic E-state index is 14.0. The standard InChI is InChI=1S/C17H13F4N5O3S/c18-14-9-23-16(25-11-2-1-3-13(8-11)30(22,27)28)26-15(14)24-10-4-6-12(7-5-10)29-17(19,20)21/h1-9H,(H2,22,27,28)(H2,23,24,25,26). The van der Waals surface area contributed by atoms with Crippen LogP contribution < -0.4 is 20.5 Å². The number of nitrogens with one attached hydrogen (secondary N) is 2. The van der Waals surface area contributed by atoms with E-state index in [1.54, 1.807) is 0 Å². The number of rotatable bonds is 6. The number of sulfonamides is 1. The quantitative estimate of drug-likeness (QED) is 0.498. The third kappa shape index (κ3) is 5.78. The van der Waals surface area contributed by atoms with E-state index in [2.05, 4.69) is 25.3 Å². The van der Waals surface area contributed by atoms with Gasteiger partial charge in [-0.05, 0) is 42.5 Å². The van der Waals surface area contributed by atoms with Crippen LogP contribution >= 0.6 is 0 Å². The van der Waals surface area contributed by atoms with E-state index in [0.29, 0.717) is 0 Å². The number of primary sulfonamides is 1. The molecule has 1 heterocycles. The minimum atomic E-state index is -4.82. The number of benzene rings is 2. The Bertz CT molecular complexity index is 1150. The molecule has 1 aromatic heterocycles. The van der Waals surface area contributed by atoms with Gasteiger partial charge in [0.25, 0.3) is 0 Å². The molecule has 0 aliphatic heterocycles. The molecule has 0 aliphatic rings. The van der Waals surface area contributed by atoms with Crippen molar-refractivity contribution in [1.29, 1.82) is 0 Å². The van der Waals surface area contributed by atoms with Gasteiger partial charge in [0.15, 0.2) is 11.6 Å². The Morgan fingerprint density at radius 3 is 2.33 bits per heavy atom. The maximum Gasteiger partial charge on any atom is 0.573 e. The molecule has 0 saturated heterocycles. The highest BCUT2D eigenvalue weighted by Crippen LogP contribution is 2.26. The Balaban J connectivity index is 1.77. The molecule has 4 N–H and O–H groups in total. The number of hydrogen-bond donors (Lipinski definition) is 3. The van der Waals surface area contributed by atoms with Gasteiger partial charge in [-0.1, -0.05) is 6.07 Å². The van der Waals surface area contributed by atoms with E-state index in [-0.39, 0.29) is 28.0 Å². The summed E-state index contributed by atoms with van der Waals surface area (Å²) in [6.07, 6.45) is -3.96. The number of nitrogens with two attached hydrogens (primary N) is 1. The van der Waals surface area contributed by atoms with Crippen molar-refractivity contribution in [2.45, 2.75) is 11.3 Å². The van der Waals surface area contributed by atoms with E-state index in [9.17, 15) is 26.0 Å². The Labute approximate surface area is 167 Å². The highest BCUT2D eigenvalue weighted by atomic mass is 32.2. The second-order valence-electron chi connectivity index (χ2n) is 5.79. The van der Waals surface area contributed by atoms with Gasteiger partial charge in [0.05, 0.1) is 11.1 Å². The zero-order valence-electron chi connectivity index (χ0n) is 14.8. The van der Waals surface area contributed by atoms with Crippen LogP contribution in [0.4, 0.5) is 40.7 Å². The predicted octanol–water partition coefficient (Wildman–Crippen LogP) is 3.65. The van der Waals surface area contributed by atoms with Crippen LogP contribution in [0.1, 0.15) is 0 Å². The number of halogens is 4. The minimum absolute atomic E-state index is 0.0671. The molecule has 13 heteroatoms.